The predicted octanol–water partition coefficient (Wildman–Crippen LogP) is 6.03. The second-order valence-corrected chi connectivity index (χ2v) is 12.4. The highest BCUT2D eigenvalue weighted by atomic mass is 31.2. The molecule has 7 nitrogen and oxygen atoms in total. The zero-order valence-electron chi connectivity index (χ0n) is 20.6. The standard InChI is InChI=1S/C25H40NO6P/c1-5-29-33(28,30-6-2)32-25(16-26)14-12-23-22-9-7-18-15-19(31-17(3)27)8-10-20(18)21(22)11-13-24(23,25)4/h18-23H,5-15H2,1-4H3/t18-,19+,20+,21-,22-,23+,24+,25-/m1/s1. The minimum atomic E-state index is -3.80. The first-order valence-electron chi connectivity index (χ1n) is 12.9. The number of nitriles is 1. The van der Waals surface area contributed by atoms with Crippen molar-refractivity contribution >= 4 is 13.8 Å². The van der Waals surface area contributed by atoms with Gasteiger partial charge in [-0.1, -0.05) is 6.92 Å². The van der Waals surface area contributed by atoms with E-state index in [0.29, 0.717) is 36.0 Å². The van der Waals surface area contributed by atoms with E-state index in [-0.39, 0.29) is 30.7 Å². The van der Waals surface area contributed by atoms with Gasteiger partial charge >= 0.3 is 13.8 Å². The van der Waals surface area contributed by atoms with Crippen molar-refractivity contribution in [3.63, 3.8) is 0 Å². The van der Waals surface area contributed by atoms with Gasteiger partial charge in [0.2, 0.25) is 0 Å². The molecule has 8 atom stereocenters. The molecule has 4 rings (SSSR count). The molecule has 8 heteroatoms. The average Bonchev–Trinajstić information content (AvgIpc) is 3.05. The monoisotopic (exact) mass is 481 g/mol. The molecule has 0 aliphatic heterocycles. The van der Waals surface area contributed by atoms with Gasteiger partial charge in [-0.2, -0.15) is 5.26 Å². The van der Waals surface area contributed by atoms with E-state index in [2.05, 4.69) is 13.0 Å². The lowest BCUT2D eigenvalue weighted by atomic mass is 9.49. The van der Waals surface area contributed by atoms with Gasteiger partial charge in [0.1, 0.15) is 6.10 Å². The number of phosphoric ester groups is 1. The largest absolute Gasteiger partial charge is 0.476 e. The van der Waals surface area contributed by atoms with E-state index < -0.39 is 13.4 Å². The minimum Gasteiger partial charge on any atom is -0.463 e. The van der Waals surface area contributed by atoms with Gasteiger partial charge in [0.25, 0.3) is 0 Å². The fourth-order valence-electron chi connectivity index (χ4n) is 8.10. The Morgan fingerprint density at radius 2 is 1.70 bits per heavy atom. The van der Waals surface area contributed by atoms with E-state index in [9.17, 15) is 14.6 Å². The minimum absolute atomic E-state index is 0.0755. The summed E-state index contributed by atoms with van der Waals surface area (Å²) in [5.74, 6) is 2.72. The normalized spacial score (nSPS) is 42.5. The Bertz CT molecular complexity index is 818. The Balaban J connectivity index is 1.52. The van der Waals surface area contributed by atoms with Gasteiger partial charge in [0, 0.05) is 12.3 Å². The lowest BCUT2D eigenvalue weighted by Crippen LogP contribution is -2.54. The van der Waals surface area contributed by atoms with Crippen LogP contribution in [0, 0.1) is 46.3 Å². The van der Waals surface area contributed by atoms with Crippen molar-refractivity contribution in [1.82, 2.24) is 0 Å². The van der Waals surface area contributed by atoms with E-state index in [1.54, 1.807) is 13.8 Å². The van der Waals surface area contributed by atoms with Gasteiger partial charge in [-0.3, -0.25) is 18.4 Å². The highest BCUT2D eigenvalue weighted by Gasteiger charge is 2.66. The van der Waals surface area contributed by atoms with Crippen LogP contribution in [0.3, 0.4) is 0 Å². The van der Waals surface area contributed by atoms with Crippen molar-refractivity contribution < 1.29 is 27.7 Å². The zero-order valence-corrected chi connectivity index (χ0v) is 21.5. The van der Waals surface area contributed by atoms with E-state index in [1.807, 2.05) is 0 Å². The van der Waals surface area contributed by atoms with Crippen LogP contribution in [0.5, 0.6) is 0 Å². The Morgan fingerprint density at radius 3 is 2.33 bits per heavy atom. The summed E-state index contributed by atoms with van der Waals surface area (Å²) in [6.45, 7) is 7.61. The van der Waals surface area contributed by atoms with Crippen LogP contribution in [0.2, 0.25) is 0 Å². The Hall–Kier alpha value is -0.930. The third-order valence-electron chi connectivity index (χ3n) is 9.38. The molecule has 4 saturated carbocycles. The summed E-state index contributed by atoms with van der Waals surface area (Å²) in [5, 5.41) is 10.4. The maximum Gasteiger partial charge on any atom is 0.476 e. The topological polar surface area (TPSA) is 94.9 Å². The first kappa shape index (κ1) is 25.2. The van der Waals surface area contributed by atoms with Crippen molar-refractivity contribution in [2.75, 3.05) is 13.2 Å². The highest BCUT2D eigenvalue weighted by molar-refractivity contribution is 7.48. The molecule has 0 aromatic rings. The summed E-state index contributed by atoms with van der Waals surface area (Å²) in [6.07, 6.45) is 8.90. The van der Waals surface area contributed by atoms with Crippen molar-refractivity contribution in [3.05, 3.63) is 0 Å². The summed E-state index contributed by atoms with van der Waals surface area (Å²) in [4.78, 5) is 11.4. The molecule has 0 N–H and O–H groups in total. The summed E-state index contributed by atoms with van der Waals surface area (Å²) < 4.78 is 35.8. The molecular formula is C25H40NO6P. The molecule has 0 aromatic heterocycles. The number of ether oxygens (including phenoxy) is 1. The third-order valence-corrected chi connectivity index (χ3v) is 11.1. The quantitative estimate of drug-likeness (QED) is 0.324. The van der Waals surface area contributed by atoms with E-state index in [1.165, 1.54) is 6.92 Å². The lowest BCUT2D eigenvalue weighted by Gasteiger charge is -2.57. The van der Waals surface area contributed by atoms with Crippen LogP contribution in [0.25, 0.3) is 0 Å². The first-order chi connectivity index (χ1) is 15.7. The molecule has 4 fully saturated rings. The molecular weight excluding hydrogens is 441 g/mol. The molecule has 33 heavy (non-hydrogen) atoms. The maximum absolute atomic E-state index is 13.3. The second kappa shape index (κ2) is 9.61. The molecule has 0 unspecified atom stereocenters. The van der Waals surface area contributed by atoms with Gasteiger partial charge in [-0.05, 0) is 101 Å². The first-order valence-corrected chi connectivity index (χ1v) is 14.3. The van der Waals surface area contributed by atoms with Crippen LogP contribution >= 0.6 is 7.82 Å². The van der Waals surface area contributed by atoms with Crippen molar-refractivity contribution in [1.29, 1.82) is 5.26 Å². The molecule has 0 bridgehead atoms. The average molecular weight is 482 g/mol. The number of carbonyl (C=O) groups is 1. The molecule has 4 aliphatic carbocycles. The SMILES string of the molecule is CCOP(=O)(OCC)O[C@@]1(C#N)CC[C@H]2[C@@H]3CC[C@@H]4C[C@@H](OC(C)=O)CC[C@@H]4[C@H]3CC[C@@]21C. The molecule has 0 radical (unpaired) electrons. The number of nitrogens with zero attached hydrogens (tertiary/aromatic N) is 1. The van der Waals surface area contributed by atoms with E-state index in [4.69, 9.17) is 18.3 Å². The van der Waals surface area contributed by atoms with Crippen molar-refractivity contribution in [3.8, 4) is 6.07 Å². The summed E-state index contributed by atoms with van der Waals surface area (Å²) in [5.41, 5.74) is -1.51. The van der Waals surface area contributed by atoms with Crippen LogP contribution in [-0.4, -0.2) is 30.9 Å². The van der Waals surface area contributed by atoms with Gasteiger partial charge in [-0.15, -0.1) is 0 Å². The summed E-state index contributed by atoms with van der Waals surface area (Å²) in [6, 6.07) is 2.46. The summed E-state index contributed by atoms with van der Waals surface area (Å²) >= 11 is 0. The lowest BCUT2D eigenvalue weighted by molar-refractivity contribution is -0.152. The Morgan fingerprint density at radius 1 is 1.00 bits per heavy atom. The highest BCUT2D eigenvalue weighted by Crippen LogP contribution is 2.69. The molecule has 0 aromatic carbocycles. The van der Waals surface area contributed by atoms with Crippen LogP contribution in [0.15, 0.2) is 0 Å². The molecule has 4 aliphatic rings. The Labute approximate surface area is 198 Å². The number of phosphoric acid groups is 1. The number of hydrogen-bond acceptors (Lipinski definition) is 7. The van der Waals surface area contributed by atoms with Gasteiger partial charge in [-0.25, -0.2) is 4.57 Å². The molecule has 0 saturated heterocycles. The maximum atomic E-state index is 13.3. The number of carbonyl (C=O) groups excluding carboxylic acids is 1. The molecule has 0 spiro atoms. The van der Waals surface area contributed by atoms with Gasteiger partial charge in [0.15, 0.2) is 5.60 Å². The van der Waals surface area contributed by atoms with Crippen molar-refractivity contribution in [2.45, 2.75) is 97.2 Å². The number of hydrogen-bond donors (Lipinski definition) is 0. The molecule has 0 amide bonds. The van der Waals surface area contributed by atoms with E-state index in [0.717, 1.165) is 51.4 Å². The fraction of sp³-hybridized carbons (Fsp3) is 0.920. The summed E-state index contributed by atoms with van der Waals surface area (Å²) in [7, 11) is -3.80. The van der Waals surface area contributed by atoms with E-state index >= 15 is 0 Å². The van der Waals surface area contributed by atoms with Gasteiger partial charge in [0.05, 0.1) is 19.3 Å². The van der Waals surface area contributed by atoms with Crippen LogP contribution in [0.1, 0.15) is 85.5 Å². The third kappa shape index (κ3) is 4.42. The smallest absolute Gasteiger partial charge is 0.463 e. The number of fused-ring (bicyclic) bond motifs is 5. The number of rotatable bonds is 7. The number of esters is 1. The predicted molar refractivity (Wildman–Crippen MR) is 123 cm³/mol. The molecule has 186 valence electrons. The zero-order chi connectivity index (χ0) is 23.9. The fourth-order valence-corrected chi connectivity index (χ4v) is 9.64. The Kier molecular flexibility index (Phi) is 7.33. The van der Waals surface area contributed by atoms with Crippen LogP contribution in [-0.2, 0) is 27.7 Å². The second-order valence-electron chi connectivity index (χ2n) is 10.8. The van der Waals surface area contributed by atoms with Crippen LogP contribution in [0.4, 0.5) is 0 Å². The van der Waals surface area contributed by atoms with Crippen molar-refractivity contribution in [2.24, 2.45) is 35.0 Å². The molecule has 0 heterocycles. The van der Waals surface area contributed by atoms with Gasteiger partial charge < -0.3 is 4.74 Å². The van der Waals surface area contributed by atoms with Crippen LogP contribution < -0.4 is 0 Å².